The molecule has 0 bridgehead atoms. The lowest BCUT2D eigenvalue weighted by Crippen LogP contribution is -2.05. The Balaban J connectivity index is 2.12. The first-order valence-corrected chi connectivity index (χ1v) is 6.13. The van der Waals surface area contributed by atoms with Crippen molar-refractivity contribution in [2.75, 3.05) is 19.5 Å². The van der Waals surface area contributed by atoms with Crippen LogP contribution in [0.5, 0.6) is 11.5 Å². The summed E-state index contributed by atoms with van der Waals surface area (Å²) in [7, 11) is 3.24. The normalized spacial score (nSPS) is 10.2. The number of aliphatic hydroxyl groups excluding tert-OH is 1. The van der Waals surface area contributed by atoms with Gasteiger partial charge in [-0.15, -0.1) is 0 Å². The average Bonchev–Trinajstić information content (AvgIpc) is 2.52. The van der Waals surface area contributed by atoms with E-state index in [0.717, 1.165) is 17.1 Å². The molecule has 0 radical (unpaired) electrons. The molecule has 106 valence electrons. The number of methoxy groups -OCH3 is 2. The van der Waals surface area contributed by atoms with Crippen LogP contribution in [-0.4, -0.2) is 29.3 Å². The molecule has 2 N–H and O–H groups in total. The average molecular weight is 275 g/mol. The van der Waals surface area contributed by atoms with Gasteiger partial charge in [-0.1, -0.05) is 0 Å². The van der Waals surface area contributed by atoms with E-state index < -0.39 is 0 Å². The second kappa shape index (κ2) is 6.72. The number of hydrogen-bond acceptors (Lipinski definition) is 6. The van der Waals surface area contributed by atoms with Gasteiger partial charge in [-0.2, -0.15) is 0 Å². The Labute approximate surface area is 117 Å². The van der Waals surface area contributed by atoms with E-state index in [1.807, 2.05) is 18.2 Å². The van der Waals surface area contributed by atoms with Crippen molar-refractivity contribution in [1.82, 2.24) is 9.97 Å². The molecule has 2 aromatic rings. The van der Waals surface area contributed by atoms with Crippen molar-refractivity contribution in [1.29, 1.82) is 0 Å². The van der Waals surface area contributed by atoms with Gasteiger partial charge in [-0.05, 0) is 18.2 Å². The van der Waals surface area contributed by atoms with Crippen LogP contribution in [0.1, 0.15) is 11.3 Å². The molecule has 0 fully saturated rings. The van der Waals surface area contributed by atoms with Crippen molar-refractivity contribution in [3.8, 4) is 11.5 Å². The number of aromatic nitrogens is 2. The molecule has 1 aromatic carbocycles. The van der Waals surface area contributed by atoms with Crippen LogP contribution in [0, 0.1) is 0 Å². The third-order valence-corrected chi connectivity index (χ3v) is 2.79. The Kier molecular flexibility index (Phi) is 4.73. The Bertz CT molecular complexity index is 575. The molecule has 20 heavy (non-hydrogen) atoms. The summed E-state index contributed by atoms with van der Waals surface area (Å²) in [5.74, 6) is 2.13. The number of hydrogen-bond donors (Lipinski definition) is 2. The first-order chi connectivity index (χ1) is 9.76. The van der Waals surface area contributed by atoms with Gasteiger partial charge in [0, 0.05) is 12.1 Å². The highest BCUT2D eigenvalue weighted by atomic mass is 16.5. The maximum absolute atomic E-state index is 9.03. The quantitative estimate of drug-likeness (QED) is 0.834. The van der Waals surface area contributed by atoms with Gasteiger partial charge in [-0.25, -0.2) is 4.98 Å². The van der Waals surface area contributed by atoms with Gasteiger partial charge in [0.2, 0.25) is 0 Å². The van der Waals surface area contributed by atoms with Crippen molar-refractivity contribution in [2.45, 2.75) is 13.2 Å². The van der Waals surface area contributed by atoms with Gasteiger partial charge in [0.05, 0.1) is 38.9 Å². The van der Waals surface area contributed by atoms with Crippen LogP contribution >= 0.6 is 0 Å². The Morgan fingerprint density at radius 2 is 2.05 bits per heavy atom. The lowest BCUT2D eigenvalue weighted by atomic mass is 10.2. The second-order valence-corrected chi connectivity index (χ2v) is 4.09. The number of nitrogens with zero attached hydrogens (tertiary/aromatic N) is 2. The van der Waals surface area contributed by atoms with E-state index in [0.29, 0.717) is 18.1 Å². The highest BCUT2D eigenvalue weighted by molar-refractivity contribution is 5.43. The summed E-state index contributed by atoms with van der Waals surface area (Å²) in [5.41, 5.74) is 1.47. The summed E-state index contributed by atoms with van der Waals surface area (Å²) in [6, 6.07) is 5.59. The topological polar surface area (TPSA) is 76.5 Å². The zero-order valence-electron chi connectivity index (χ0n) is 11.5. The van der Waals surface area contributed by atoms with Crippen molar-refractivity contribution in [3.05, 3.63) is 41.9 Å². The minimum Gasteiger partial charge on any atom is -0.497 e. The number of rotatable bonds is 6. The zero-order valence-corrected chi connectivity index (χ0v) is 11.5. The number of aliphatic hydroxyl groups is 1. The lowest BCUT2D eigenvalue weighted by Gasteiger charge is -2.11. The summed E-state index contributed by atoms with van der Waals surface area (Å²) in [5, 5.41) is 12.2. The van der Waals surface area contributed by atoms with E-state index in [2.05, 4.69) is 15.3 Å². The molecule has 6 heteroatoms. The van der Waals surface area contributed by atoms with Gasteiger partial charge in [0.25, 0.3) is 0 Å². The number of anilines is 1. The van der Waals surface area contributed by atoms with Crippen LogP contribution in [0.25, 0.3) is 0 Å². The van der Waals surface area contributed by atoms with Crippen LogP contribution < -0.4 is 14.8 Å². The van der Waals surface area contributed by atoms with Gasteiger partial charge < -0.3 is 19.9 Å². The predicted octanol–water partition coefficient (Wildman–Crippen LogP) is 1.60. The SMILES string of the molecule is COc1ccc(OC)c(CNc2cncc(CO)n2)c1. The van der Waals surface area contributed by atoms with Crippen molar-refractivity contribution < 1.29 is 14.6 Å². The molecule has 0 saturated heterocycles. The minimum atomic E-state index is -0.134. The monoisotopic (exact) mass is 275 g/mol. The molecule has 1 heterocycles. The van der Waals surface area contributed by atoms with E-state index >= 15 is 0 Å². The van der Waals surface area contributed by atoms with Crippen LogP contribution in [0.2, 0.25) is 0 Å². The molecule has 1 aromatic heterocycles. The standard InChI is InChI=1S/C14H17N3O3/c1-19-12-3-4-13(20-2)10(5-12)6-16-14-8-15-7-11(9-18)17-14/h3-5,7-8,18H,6,9H2,1-2H3,(H,16,17). The number of nitrogens with one attached hydrogen (secondary N) is 1. The molecule has 0 spiro atoms. The smallest absolute Gasteiger partial charge is 0.145 e. The van der Waals surface area contributed by atoms with E-state index in [-0.39, 0.29) is 6.61 Å². The molecule has 6 nitrogen and oxygen atoms in total. The zero-order chi connectivity index (χ0) is 14.4. The van der Waals surface area contributed by atoms with Crippen molar-refractivity contribution >= 4 is 5.82 Å². The van der Waals surface area contributed by atoms with E-state index in [1.165, 1.54) is 6.20 Å². The van der Waals surface area contributed by atoms with Gasteiger partial charge in [0.15, 0.2) is 0 Å². The molecule has 0 aliphatic heterocycles. The molecular formula is C14H17N3O3. The molecule has 0 saturated carbocycles. The Morgan fingerprint density at radius 1 is 1.20 bits per heavy atom. The third-order valence-electron chi connectivity index (χ3n) is 2.79. The summed E-state index contributed by atoms with van der Waals surface area (Å²) in [4.78, 5) is 8.21. The maximum atomic E-state index is 9.03. The van der Waals surface area contributed by atoms with Crippen molar-refractivity contribution in [2.24, 2.45) is 0 Å². The highest BCUT2D eigenvalue weighted by Crippen LogP contribution is 2.24. The first-order valence-electron chi connectivity index (χ1n) is 6.13. The van der Waals surface area contributed by atoms with E-state index in [1.54, 1.807) is 20.4 Å². The van der Waals surface area contributed by atoms with Gasteiger partial charge in [-0.3, -0.25) is 4.98 Å². The van der Waals surface area contributed by atoms with Crippen LogP contribution in [0.15, 0.2) is 30.6 Å². The second-order valence-electron chi connectivity index (χ2n) is 4.09. The molecule has 0 atom stereocenters. The molecule has 0 unspecified atom stereocenters. The maximum Gasteiger partial charge on any atom is 0.145 e. The number of ether oxygens (including phenoxy) is 2. The van der Waals surface area contributed by atoms with E-state index in [4.69, 9.17) is 14.6 Å². The fraction of sp³-hybridized carbons (Fsp3) is 0.286. The fourth-order valence-corrected chi connectivity index (χ4v) is 1.77. The summed E-state index contributed by atoms with van der Waals surface area (Å²) in [6.45, 7) is 0.384. The number of benzene rings is 1. The molecule has 0 aliphatic carbocycles. The summed E-state index contributed by atoms with van der Waals surface area (Å²) >= 11 is 0. The van der Waals surface area contributed by atoms with Crippen molar-refractivity contribution in [3.63, 3.8) is 0 Å². The van der Waals surface area contributed by atoms with Crippen LogP contribution in [0.4, 0.5) is 5.82 Å². The molecule has 2 rings (SSSR count). The molecule has 0 aliphatic rings. The minimum absolute atomic E-state index is 0.134. The third kappa shape index (κ3) is 3.36. The van der Waals surface area contributed by atoms with Crippen LogP contribution in [-0.2, 0) is 13.2 Å². The first kappa shape index (κ1) is 14.1. The van der Waals surface area contributed by atoms with E-state index in [9.17, 15) is 0 Å². The van der Waals surface area contributed by atoms with Gasteiger partial charge >= 0.3 is 0 Å². The Hall–Kier alpha value is -2.34. The molecular weight excluding hydrogens is 258 g/mol. The summed E-state index contributed by atoms with van der Waals surface area (Å²) < 4.78 is 10.5. The summed E-state index contributed by atoms with van der Waals surface area (Å²) in [6.07, 6.45) is 3.13. The fourth-order valence-electron chi connectivity index (χ4n) is 1.77. The highest BCUT2D eigenvalue weighted by Gasteiger charge is 2.06. The Morgan fingerprint density at radius 3 is 2.75 bits per heavy atom. The molecule has 0 amide bonds. The van der Waals surface area contributed by atoms with Gasteiger partial charge in [0.1, 0.15) is 17.3 Å². The predicted molar refractivity (Wildman–Crippen MR) is 74.8 cm³/mol. The lowest BCUT2D eigenvalue weighted by molar-refractivity contribution is 0.276. The van der Waals surface area contributed by atoms with Crippen LogP contribution in [0.3, 0.4) is 0 Å². The largest absolute Gasteiger partial charge is 0.497 e.